The summed E-state index contributed by atoms with van der Waals surface area (Å²) in [7, 11) is -3.17. The minimum atomic E-state index is -3.17. The summed E-state index contributed by atoms with van der Waals surface area (Å²) in [4.78, 5) is 9.06. The molecule has 1 fully saturated rings. The van der Waals surface area contributed by atoms with E-state index in [0.717, 1.165) is 23.0 Å². The second-order valence-corrected chi connectivity index (χ2v) is 9.19. The quantitative estimate of drug-likeness (QED) is 0.546. The van der Waals surface area contributed by atoms with Gasteiger partial charge in [-0.05, 0) is 30.7 Å². The van der Waals surface area contributed by atoms with Gasteiger partial charge in [0.25, 0.3) is 0 Å². The van der Waals surface area contributed by atoms with Crippen molar-refractivity contribution in [2.75, 3.05) is 19.3 Å². The van der Waals surface area contributed by atoms with Crippen molar-refractivity contribution in [2.45, 2.75) is 18.8 Å². The largest absolute Gasteiger partial charge is 0.356 e. The standard InChI is InChI=1S/C18H20N8O2S/c1-29(27,28)25-8-6-13(11-25)21-18-20-10-16-17(22-18)26(24-23-16)14-4-5-15-12(9-14)3-2-7-19-15/h2-5,7,9-10,13,18,20-21H,6,8,11H2,1H3/t13-,18?/m1/s1. The fraction of sp³-hybridized carbons (Fsp3) is 0.333. The van der Waals surface area contributed by atoms with Gasteiger partial charge in [-0.25, -0.2) is 17.7 Å². The molecule has 0 spiro atoms. The van der Waals surface area contributed by atoms with Gasteiger partial charge in [-0.2, -0.15) is 4.68 Å². The highest BCUT2D eigenvalue weighted by Gasteiger charge is 2.30. The molecule has 10 nitrogen and oxygen atoms in total. The summed E-state index contributed by atoms with van der Waals surface area (Å²) in [6.45, 7) is 0.956. The highest BCUT2D eigenvalue weighted by Crippen LogP contribution is 2.15. The number of rotatable bonds is 4. The van der Waals surface area contributed by atoms with Gasteiger partial charge in [0.05, 0.1) is 17.5 Å². The molecule has 150 valence electrons. The van der Waals surface area contributed by atoms with Crippen molar-refractivity contribution in [3.05, 3.63) is 47.4 Å². The molecule has 0 radical (unpaired) electrons. The number of hydrogen-bond acceptors (Lipinski definition) is 8. The van der Waals surface area contributed by atoms with Crippen LogP contribution < -0.4 is 21.5 Å². The van der Waals surface area contributed by atoms with Crippen LogP contribution in [0.4, 0.5) is 0 Å². The second kappa shape index (κ2) is 6.87. The lowest BCUT2D eigenvalue weighted by atomic mass is 10.2. The third-order valence-electron chi connectivity index (χ3n) is 5.15. The first kappa shape index (κ1) is 18.2. The number of fused-ring (bicyclic) bond motifs is 2. The highest BCUT2D eigenvalue weighted by molar-refractivity contribution is 7.88. The number of hydrogen-bond donors (Lipinski definition) is 2. The smallest absolute Gasteiger partial charge is 0.211 e. The summed E-state index contributed by atoms with van der Waals surface area (Å²) < 4.78 is 26.6. The maximum Gasteiger partial charge on any atom is 0.211 e. The Hall–Kier alpha value is -2.89. The average Bonchev–Trinajstić information content (AvgIpc) is 3.34. The van der Waals surface area contributed by atoms with Crippen LogP contribution >= 0.6 is 0 Å². The number of aromatic nitrogens is 4. The molecule has 0 aliphatic carbocycles. The van der Waals surface area contributed by atoms with E-state index in [4.69, 9.17) is 4.99 Å². The zero-order valence-corrected chi connectivity index (χ0v) is 16.5. The number of sulfonamides is 1. The molecule has 4 heterocycles. The Morgan fingerprint density at radius 3 is 3.00 bits per heavy atom. The van der Waals surface area contributed by atoms with E-state index in [1.54, 1.807) is 17.1 Å². The van der Waals surface area contributed by atoms with Gasteiger partial charge in [-0.1, -0.05) is 11.3 Å². The first-order valence-electron chi connectivity index (χ1n) is 9.29. The lowest BCUT2D eigenvalue weighted by Gasteiger charge is -2.21. The van der Waals surface area contributed by atoms with Gasteiger partial charge in [-0.15, -0.1) is 5.10 Å². The van der Waals surface area contributed by atoms with Gasteiger partial charge in [-0.3, -0.25) is 10.3 Å². The summed E-state index contributed by atoms with van der Waals surface area (Å²) in [6, 6.07) is 9.79. The van der Waals surface area contributed by atoms with Crippen molar-refractivity contribution in [1.82, 2.24) is 34.9 Å². The minimum absolute atomic E-state index is 0.0250. The van der Waals surface area contributed by atoms with E-state index < -0.39 is 10.0 Å². The van der Waals surface area contributed by atoms with Crippen molar-refractivity contribution in [3.63, 3.8) is 0 Å². The minimum Gasteiger partial charge on any atom is -0.356 e. The molecule has 1 saturated heterocycles. The van der Waals surface area contributed by atoms with Gasteiger partial charge in [0.1, 0.15) is 5.35 Å². The summed E-state index contributed by atoms with van der Waals surface area (Å²) in [6.07, 6.45) is 5.13. The SMILES string of the molecule is CS(=O)(=O)N1CC[C@@H](NC2N=c3c(nnn3-c3ccc4ncccc4c3)=CN2)C1. The lowest BCUT2D eigenvalue weighted by molar-refractivity contribution is 0.401. The number of pyridine rings is 1. The van der Waals surface area contributed by atoms with E-state index >= 15 is 0 Å². The molecule has 3 aromatic rings. The van der Waals surface area contributed by atoms with Crippen LogP contribution in [0.2, 0.25) is 0 Å². The fourth-order valence-electron chi connectivity index (χ4n) is 3.66. The molecule has 11 heteroatoms. The van der Waals surface area contributed by atoms with Crippen molar-refractivity contribution in [3.8, 4) is 5.69 Å². The van der Waals surface area contributed by atoms with Crippen LogP contribution in [0.1, 0.15) is 6.42 Å². The Labute approximate surface area is 167 Å². The zero-order valence-electron chi connectivity index (χ0n) is 15.7. The molecular formula is C18H20N8O2S. The van der Waals surface area contributed by atoms with E-state index in [1.165, 1.54) is 10.6 Å². The van der Waals surface area contributed by atoms with Crippen LogP contribution in [0.3, 0.4) is 0 Å². The maximum absolute atomic E-state index is 11.7. The predicted molar refractivity (Wildman–Crippen MR) is 107 cm³/mol. The Bertz CT molecular complexity index is 1300. The summed E-state index contributed by atoms with van der Waals surface area (Å²) in [5.41, 5.74) is 2.40. The Kier molecular flexibility index (Phi) is 4.30. The van der Waals surface area contributed by atoms with Gasteiger partial charge in [0.15, 0.2) is 11.8 Å². The van der Waals surface area contributed by atoms with Crippen LogP contribution in [0.5, 0.6) is 0 Å². The van der Waals surface area contributed by atoms with Gasteiger partial charge < -0.3 is 5.32 Å². The van der Waals surface area contributed by atoms with Gasteiger partial charge in [0, 0.05) is 36.9 Å². The zero-order chi connectivity index (χ0) is 20.0. The van der Waals surface area contributed by atoms with Crippen molar-refractivity contribution in [1.29, 1.82) is 0 Å². The maximum atomic E-state index is 11.7. The molecule has 1 aromatic carbocycles. The van der Waals surface area contributed by atoms with Gasteiger partial charge in [0.2, 0.25) is 10.0 Å². The molecule has 0 bridgehead atoms. The topological polar surface area (TPSA) is 117 Å². The first-order valence-corrected chi connectivity index (χ1v) is 11.1. The molecule has 2 aromatic heterocycles. The van der Waals surface area contributed by atoms with E-state index in [-0.39, 0.29) is 12.3 Å². The van der Waals surface area contributed by atoms with E-state index in [2.05, 4.69) is 25.9 Å². The molecule has 1 unspecified atom stereocenters. The third kappa shape index (κ3) is 3.48. The van der Waals surface area contributed by atoms with Crippen molar-refractivity contribution < 1.29 is 8.42 Å². The van der Waals surface area contributed by atoms with Crippen LogP contribution in [0.25, 0.3) is 22.8 Å². The van der Waals surface area contributed by atoms with Crippen LogP contribution in [0, 0.1) is 0 Å². The normalized spacial score (nSPS) is 22.0. The van der Waals surface area contributed by atoms with Crippen LogP contribution in [0.15, 0.2) is 41.5 Å². The first-order chi connectivity index (χ1) is 14.0. The Balaban J connectivity index is 1.43. The fourth-order valence-corrected chi connectivity index (χ4v) is 4.55. The summed E-state index contributed by atoms with van der Waals surface area (Å²) in [5.74, 6) is 0. The van der Waals surface area contributed by atoms with Crippen molar-refractivity contribution in [2.24, 2.45) is 4.99 Å². The van der Waals surface area contributed by atoms with E-state index in [1.807, 2.05) is 30.3 Å². The molecule has 0 saturated carbocycles. The highest BCUT2D eigenvalue weighted by atomic mass is 32.2. The summed E-state index contributed by atoms with van der Waals surface area (Å²) in [5, 5.41) is 16.6. The Morgan fingerprint density at radius 1 is 1.28 bits per heavy atom. The third-order valence-corrected chi connectivity index (χ3v) is 6.42. The summed E-state index contributed by atoms with van der Waals surface area (Å²) >= 11 is 0. The second-order valence-electron chi connectivity index (χ2n) is 7.21. The molecule has 2 aliphatic rings. The van der Waals surface area contributed by atoms with Crippen LogP contribution in [-0.2, 0) is 10.0 Å². The number of nitrogens with zero attached hydrogens (tertiary/aromatic N) is 6. The van der Waals surface area contributed by atoms with Crippen molar-refractivity contribution >= 4 is 27.1 Å². The molecule has 2 atom stereocenters. The molecular weight excluding hydrogens is 392 g/mol. The monoisotopic (exact) mass is 412 g/mol. The lowest BCUT2D eigenvalue weighted by Crippen LogP contribution is -2.51. The number of nitrogens with one attached hydrogen (secondary N) is 2. The Morgan fingerprint density at radius 2 is 2.17 bits per heavy atom. The van der Waals surface area contributed by atoms with Crippen LogP contribution in [-0.4, -0.2) is 64.4 Å². The number of benzene rings is 1. The van der Waals surface area contributed by atoms with E-state index in [9.17, 15) is 8.42 Å². The molecule has 5 rings (SSSR count). The van der Waals surface area contributed by atoms with E-state index in [0.29, 0.717) is 23.9 Å². The average molecular weight is 412 g/mol. The molecule has 29 heavy (non-hydrogen) atoms. The molecule has 0 amide bonds. The predicted octanol–water partition coefficient (Wildman–Crippen LogP) is -1.32. The molecule has 2 aliphatic heterocycles. The van der Waals surface area contributed by atoms with Gasteiger partial charge >= 0.3 is 0 Å². The molecule has 2 N–H and O–H groups in total.